The number of aliphatic carboxylic acids is 1. The van der Waals surface area contributed by atoms with Gasteiger partial charge in [-0.15, -0.1) is 0 Å². The van der Waals surface area contributed by atoms with Gasteiger partial charge >= 0.3 is 5.97 Å². The molecule has 1 aromatic rings. The molecule has 5 heteroatoms. The number of nitrogens with zero attached hydrogens (tertiary/aromatic N) is 2. The molecule has 5 nitrogen and oxygen atoms in total. The van der Waals surface area contributed by atoms with E-state index in [9.17, 15) is 4.79 Å². The minimum Gasteiger partial charge on any atom is -0.481 e. The molecule has 1 saturated heterocycles. The van der Waals surface area contributed by atoms with Crippen molar-refractivity contribution in [1.82, 2.24) is 9.97 Å². The van der Waals surface area contributed by atoms with E-state index in [2.05, 4.69) is 9.97 Å². The van der Waals surface area contributed by atoms with Crippen molar-refractivity contribution in [2.75, 3.05) is 13.2 Å². The molecule has 1 aliphatic rings. The molecule has 0 aromatic carbocycles. The van der Waals surface area contributed by atoms with Gasteiger partial charge in [-0.2, -0.15) is 0 Å². The van der Waals surface area contributed by atoms with E-state index in [4.69, 9.17) is 9.84 Å². The minimum atomic E-state index is -0.844. The molecule has 2 unspecified atom stereocenters. The van der Waals surface area contributed by atoms with Crippen molar-refractivity contribution in [1.29, 1.82) is 0 Å². The Morgan fingerprint density at radius 2 is 2.00 bits per heavy atom. The molecule has 0 saturated carbocycles. The molecular weight excluding hydrogens is 244 g/mol. The molecule has 1 aliphatic heterocycles. The zero-order valence-corrected chi connectivity index (χ0v) is 11.6. The first-order valence-electron chi connectivity index (χ1n) is 6.66. The summed E-state index contributed by atoms with van der Waals surface area (Å²) in [7, 11) is 0. The smallest absolute Gasteiger partial charge is 0.310 e. The number of carboxylic acids is 1. The predicted octanol–water partition coefficient (Wildman–Crippen LogP) is 2.18. The van der Waals surface area contributed by atoms with E-state index in [1.54, 1.807) is 6.92 Å². The molecule has 0 amide bonds. The molecular formula is C14H20N2O3. The molecule has 0 bridgehead atoms. The zero-order valence-electron chi connectivity index (χ0n) is 11.6. The summed E-state index contributed by atoms with van der Waals surface area (Å²) >= 11 is 0. The third kappa shape index (κ3) is 2.92. The maximum atomic E-state index is 11.1. The van der Waals surface area contributed by atoms with Gasteiger partial charge in [0, 0.05) is 29.5 Å². The molecule has 2 atom stereocenters. The number of aryl methyl sites for hydroxylation is 2. The van der Waals surface area contributed by atoms with Gasteiger partial charge in [-0.1, -0.05) is 0 Å². The first-order chi connectivity index (χ1) is 9.00. The Labute approximate surface area is 113 Å². The predicted molar refractivity (Wildman–Crippen MR) is 70.4 cm³/mol. The van der Waals surface area contributed by atoms with Crippen molar-refractivity contribution in [2.45, 2.75) is 45.4 Å². The third-order valence-electron chi connectivity index (χ3n) is 3.67. The summed E-state index contributed by atoms with van der Waals surface area (Å²) in [6, 6.07) is 0. The third-order valence-corrected chi connectivity index (χ3v) is 3.67. The lowest BCUT2D eigenvalue weighted by Gasteiger charge is -2.22. The second kappa shape index (κ2) is 5.65. The van der Waals surface area contributed by atoms with Crippen LogP contribution in [0.3, 0.4) is 0 Å². The number of ether oxygens (including phenoxy) is 1. The van der Waals surface area contributed by atoms with Crippen LogP contribution in [-0.2, 0) is 9.53 Å². The van der Waals surface area contributed by atoms with Crippen LogP contribution in [0.2, 0.25) is 0 Å². The van der Waals surface area contributed by atoms with Crippen LogP contribution in [0.15, 0.2) is 0 Å². The number of hydrogen-bond acceptors (Lipinski definition) is 4. The number of carbonyl (C=O) groups is 1. The molecule has 0 radical (unpaired) electrons. The van der Waals surface area contributed by atoms with E-state index >= 15 is 0 Å². The summed E-state index contributed by atoms with van der Waals surface area (Å²) < 4.78 is 5.46. The first kappa shape index (κ1) is 13.9. The van der Waals surface area contributed by atoms with Crippen LogP contribution in [0.4, 0.5) is 0 Å². The molecule has 0 aliphatic carbocycles. The second-order valence-corrected chi connectivity index (χ2v) is 5.14. The highest BCUT2D eigenvalue weighted by Crippen LogP contribution is 2.27. The minimum absolute atomic E-state index is 0.236. The first-order valence-corrected chi connectivity index (χ1v) is 6.66. The number of rotatable bonds is 3. The Balaban J connectivity index is 2.33. The van der Waals surface area contributed by atoms with Gasteiger partial charge in [0.05, 0.1) is 12.5 Å². The topological polar surface area (TPSA) is 72.3 Å². The number of aromatic nitrogens is 2. The van der Waals surface area contributed by atoms with Gasteiger partial charge < -0.3 is 9.84 Å². The van der Waals surface area contributed by atoms with E-state index in [1.807, 2.05) is 13.8 Å². The average molecular weight is 264 g/mol. The fourth-order valence-corrected chi connectivity index (χ4v) is 2.63. The monoisotopic (exact) mass is 264 g/mol. The Morgan fingerprint density at radius 1 is 1.37 bits per heavy atom. The van der Waals surface area contributed by atoms with Gasteiger partial charge in [-0.25, -0.2) is 9.97 Å². The van der Waals surface area contributed by atoms with Crippen molar-refractivity contribution in [3.63, 3.8) is 0 Å². The Hall–Kier alpha value is -1.49. The van der Waals surface area contributed by atoms with E-state index < -0.39 is 11.9 Å². The molecule has 2 heterocycles. The van der Waals surface area contributed by atoms with Crippen molar-refractivity contribution < 1.29 is 14.6 Å². The summed E-state index contributed by atoms with van der Waals surface area (Å²) in [6.07, 6.45) is 2.06. The molecule has 19 heavy (non-hydrogen) atoms. The normalized spacial score (nSPS) is 21.1. The van der Waals surface area contributed by atoms with E-state index in [1.165, 1.54) is 0 Å². The summed E-state index contributed by atoms with van der Waals surface area (Å²) in [5.74, 6) is -0.392. The molecule has 1 N–H and O–H groups in total. The van der Waals surface area contributed by atoms with Gasteiger partial charge in [0.25, 0.3) is 0 Å². The molecule has 1 aromatic heterocycles. The largest absolute Gasteiger partial charge is 0.481 e. The van der Waals surface area contributed by atoms with Gasteiger partial charge in [0.2, 0.25) is 0 Å². The van der Waals surface area contributed by atoms with Crippen LogP contribution < -0.4 is 0 Å². The lowest BCUT2D eigenvalue weighted by Crippen LogP contribution is -2.20. The lowest BCUT2D eigenvalue weighted by molar-refractivity contribution is -0.138. The van der Waals surface area contributed by atoms with Crippen LogP contribution in [0.25, 0.3) is 0 Å². The highest BCUT2D eigenvalue weighted by atomic mass is 16.5. The molecule has 2 rings (SSSR count). The summed E-state index contributed by atoms with van der Waals surface area (Å²) in [5.41, 5.74) is 2.26. The fourth-order valence-electron chi connectivity index (χ4n) is 2.63. The van der Waals surface area contributed by atoms with Crippen molar-refractivity contribution in [3.05, 3.63) is 22.8 Å². The maximum Gasteiger partial charge on any atom is 0.310 e. The molecule has 104 valence electrons. The van der Waals surface area contributed by atoms with Crippen molar-refractivity contribution in [2.24, 2.45) is 0 Å². The van der Waals surface area contributed by atoms with Gasteiger partial charge in [0.15, 0.2) is 0 Å². The van der Waals surface area contributed by atoms with Crippen LogP contribution in [-0.4, -0.2) is 34.3 Å². The van der Waals surface area contributed by atoms with Crippen molar-refractivity contribution in [3.8, 4) is 0 Å². The molecule has 0 spiro atoms. The SMILES string of the molecule is Cc1nc(C2CCCOC2)nc(C)c1C(C)C(=O)O. The lowest BCUT2D eigenvalue weighted by atomic mass is 9.96. The summed E-state index contributed by atoms with van der Waals surface area (Å²) in [5, 5.41) is 9.13. The Morgan fingerprint density at radius 3 is 2.47 bits per heavy atom. The van der Waals surface area contributed by atoms with Gasteiger partial charge in [-0.3, -0.25) is 4.79 Å². The zero-order chi connectivity index (χ0) is 14.0. The van der Waals surface area contributed by atoms with Crippen molar-refractivity contribution >= 4 is 5.97 Å². The van der Waals surface area contributed by atoms with Crippen LogP contribution in [0.1, 0.15) is 54.4 Å². The van der Waals surface area contributed by atoms with Gasteiger partial charge in [0.1, 0.15) is 5.82 Å². The van der Waals surface area contributed by atoms with Crippen LogP contribution in [0.5, 0.6) is 0 Å². The van der Waals surface area contributed by atoms with E-state index in [-0.39, 0.29) is 5.92 Å². The van der Waals surface area contributed by atoms with Crippen LogP contribution in [0, 0.1) is 13.8 Å². The standard InChI is InChI=1S/C14H20N2O3/c1-8(14(17)18)12-9(2)15-13(16-10(12)3)11-5-4-6-19-7-11/h8,11H,4-7H2,1-3H3,(H,17,18). The Kier molecular flexibility index (Phi) is 4.14. The summed E-state index contributed by atoms with van der Waals surface area (Å²) in [4.78, 5) is 20.1. The van der Waals surface area contributed by atoms with E-state index in [0.29, 0.717) is 6.61 Å². The Bertz CT molecular complexity index is 459. The number of carboxylic acid groups (broad SMARTS) is 1. The highest BCUT2D eigenvalue weighted by molar-refractivity contribution is 5.76. The van der Waals surface area contributed by atoms with Gasteiger partial charge in [-0.05, 0) is 33.6 Å². The molecule has 1 fully saturated rings. The maximum absolute atomic E-state index is 11.1. The summed E-state index contributed by atoms with van der Waals surface area (Å²) in [6.45, 7) is 6.85. The van der Waals surface area contributed by atoms with E-state index in [0.717, 1.165) is 42.2 Å². The van der Waals surface area contributed by atoms with Crippen LogP contribution >= 0.6 is 0 Å². The fraction of sp³-hybridized carbons (Fsp3) is 0.643. The second-order valence-electron chi connectivity index (χ2n) is 5.14. The quantitative estimate of drug-likeness (QED) is 0.905. The highest BCUT2D eigenvalue weighted by Gasteiger charge is 2.24. The average Bonchev–Trinajstić information content (AvgIpc) is 2.38. The number of hydrogen-bond donors (Lipinski definition) is 1.